The van der Waals surface area contributed by atoms with Crippen LogP contribution in [-0.4, -0.2) is 22.6 Å². The summed E-state index contributed by atoms with van der Waals surface area (Å²) in [7, 11) is 0. The zero-order chi connectivity index (χ0) is 17.6. The van der Waals surface area contributed by atoms with Crippen LogP contribution in [0.4, 0.5) is 4.39 Å². The molecule has 0 fully saturated rings. The second-order valence-electron chi connectivity index (χ2n) is 5.38. The number of hydrogen-bond donors (Lipinski definition) is 1. The van der Waals surface area contributed by atoms with Gasteiger partial charge in [0.15, 0.2) is 0 Å². The van der Waals surface area contributed by atoms with Crippen molar-refractivity contribution in [3.8, 4) is 11.4 Å². The normalized spacial score (nSPS) is 10.6. The highest BCUT2D eigenvalue weighted by molar-refractivity contribution is 6.30. The molecule has 1 N–H and O–H groups in total. The van der Waals surface area contributed by atoms with Crippen molar-refractivity contribution >= 4 is 17.5 Å². The van der Waals surface area contributed by atoms with Crippen LogP contribution in [0.2, 0.25) is 5.02 Å². The molecule has 0 aliphatic carbocycles. The third-order valence-corrected chi connectivity index (χ3v) is 3.78. The summed E-state index contributed by atoms with van der Waals surface area (Å²) in [5.74, 6) is 0.389. The van der Waals surface area contributed by atoms with Crippen LogP contribution in [0.5, 0.6) is 0 Å². The Labute approximate surface area is 148 Å². The first-order valence-corrected chi connectivity index (χ1v) is 8.12. The summed E-state index contributed by atoms with van der Waals surface area (Å²) in [5, 5.41) is 7.34. The minimum absolute atomic E-state index is 0.243. The molecule has 0 bridgehead atoms. The van der Waals surface area contributed by atoms with Gasteiger partial charge >= 0.3 is 0 Å². The Morgan fingerprint density at radius 1 is 1.12 bits per heavy atom. The Morgan fingerprint density at radius 3 is 2.56 bits per heavy atom. The van der Waals surface area contributed by atoms with Crippen LogP contribution in [0.15, 0.2) is 53.1 Å². The molecular weight excluding hydrogens is 345 g/mol. The van der Waals surface area contributed by atoms with Gasteiger partial charge in [0.2, 0.25) is 11.7 Å². The monoisotopic (exact) mass is 359 g/mol. The number of benzene rings is 2. The van der Waals surface area contributed by atoms with Gasteiger partial charge in [-0.25, -0.2) is 4.39 Å². The van der Waals surface area contributed by atoms with E-state index < -0.39 is 0 Å². The maximum Gasteiger partial charge on any atom is 0.251 e. The maximum absolute atomic E-state index is 12.8. The van der Waals surface area contributed by atoms with Gasteiger partial charge < -0.3 is 9.84 Å². The van der Waals surface area contributed by atoms with Crippen molar-refractivity contribution in [3.63, 3.8) is 0 Å². The molecule has 0 unspecified atom stereocenters. The van der Waals surface area contributed by atoms with Gasteiger partial charge in [-0.2, -0.15) is 4.98 Å². The van der Waals surface area contributed by atoms with Crippen LogP contribution in [0.25, 0.3) is 11.4 Å². The van der Waals surface area contributed by atoms with E-state index >= 15 is 0 Å². The first kappa shape index (κ1) is 17.1. The van der Waals surface area contributed by atoms with E-state index in [0.717, 1.165) is 5.56 Å². The molecule has 2 aromatic carbocycles. The van der Waals surface area contributed by atoms with Crippen molar-refractivity contribution in [2.75, 3.05) is 6.54 Å². The van der Waals surface area contributed by atoms with E-state index in [-0.39, 0.29) is 11.7 Å². The second-order valence-corrected chi connectivity index (χ2v) is 5.82. The Balaban J connectivity index is 1.47. The predicted molar refractivity (Wildman–Crippen MR) is 91.8 cm³/mol. The minimum atomic E-state index is -0.371. The molecule has 1 amide bonds. The number of amides is 1. The number of nitrogens with zero attached hydrogens (tertiary/aromatic N) is 2. The van der Waals surface area contributed by atoms with Crippen LogP contribution in [0, 0.1) is 5.82 Å². The lowest BCUT2D eigenvalue weighted by Crippen LogP contribution is -2.24. The standard InChI is InChI=1S/C18H15ClFN3O2/c19-14-7-3-12(4-8-14)17-22-16(25-23-17)2-1-11-21-18(24)13-5-9-15(20)10-6-13/h3-10H,1-2,11H2,(H,21,24). The van der Waals surface area contributed by atoms with Gasteiger partial charge in [0, 0.05) is 29.1 Å². The first-order chi connectivity index (χ1) is 12.1. The molecule has 0 spiro atoms. The van der Waals surface area contributed by atoms with Crippen LogP contribution in [0.3, 0.4) is 0 Å². The minimum Gasteiger partial charge on any atom is -0.352 e. The summed E-state index contributed by atoms with van der Waals surface area (Å²) in [6.07, 6.45) is 1.19. The van der Waals surface area contributed by atoms with E-state index in [1.54, 1.807) is 12.1 Å². The Kier molecular flexibility index (Phi) is 5.40. The molecule has 0 saturated carbocycles. The van der Waals surface area contributed by atoms with Gasteiger partial charge in [0.05, 0.1) is 0 Å². The largest absolute Gasteiger partial charge is 0.352 e. The number of hydrogen-bond acceptors (Lipinski definition) is 4. The highest BCUT2D eigenvalue weighted by Gasteiger charge is 2.09. The smallest absolute Gasteiger partial charge is 0.251 e. The molecule has 1 heterocycles. The number of carbonyl (C=O) groups is 1. The Hall–Kier alpha value is -2.73. The lowest BCUT2D eigenvalue weighted by molar-refractivity contribution is 0.0953. The molecule has 5 nitrogen and oxygen atoms in total. The zero-order valence-corrected chi connectivity index (χ0v) is 14.0. The molecule has 0 radical (unpaired) electrons. The van der Waals surface area contributed by atoms with Crippen molar-refractivity contribution in [3.05, 3.63) is 70.8 Å². The van der Waals surface area contributed by atoms with Crippen molar-refractivity contribution in [2.45, 2.75) is 12.8 Å². The van der Waals surface area contributed by atoms with Gasteiger partial charge in [-0.1, -0.05) is 16.8 Å². The van der Waals surface area contributed by atoms with Crippen LogP contribution in [0.1, 0.15) is 22.7 Å². The highest BCUT2D eigenvalue weighted by Crippen LogP contribution is 2.18. The van der Waals surface area contributed by atoms with E-state index in [2.05, 4.69) is 15.5 Å². The first-order valence-electron chi connectivity index (χ1n) is 7.74. The van der Waals surface area contributed by atoms with Gasteiger partial charge in [-0.3, -0.25) is 4.79 Å². The lowest BCUT2D eigenvalue weighted by Gasteiger charge is -2.03. The average Bonchev–Trinajstić information content (AvgIpc) is 3.09. The number of aryl methyl sites for hydroxylation is 1. The second kappa shape index (κ2) is 7.90. The fourth-order valence-electron chi connectivity index (χ4n) is 2.22. The van der Waals surface area contributed by atoms with Crippen molar-refractivity contribution < 1.29 is 13.7 Å². The van der Waals surface area contributed by atoms with E-state index in [4.69, 9.17) is 16.1 Å². The summed E-state index contributed by atoms with van der Waals surface area (Å²) in [4.78, 5) is 16.2. The molecule has 0 aliphatic heterocycles. The van der Waals surface area contributed by atoms with E-state index in [0.29, 0.717) is 41.7 Å². The summed E-state index contributed by atoms with van der Waals surface area (Å²) in [6, 6.07) is 12.6. The molecule has 1 aromatic heterocycles. The number of rotatable bonds is 6. The van der Waals surface area contributed by atoms with Crippen molar-refractivity contribution in [2.24, 2.45) is 0 Å². The number of carbonyl (C=O) groups excluding carboxylic acids is 1. The maximum atomic E-state index is 12.8. The van der Waals surface area contributed by atoms with Gasteiger partial charge in [0.25, 0.3) is 5.91 Å². The summed E-state index contributed by atoms with van der Waals surface area (Å²) >= 11 is 5.85. The fourth-order valence-corrected chi connectivity index (χ4v) is 2.34. The van der Waals surface area contributed by atoms with E-state index in [1.165, 1.54) is 24.3 Å². The average molecular weight is 360 g/mol. The molecule has 0 aliphatic rings. The third kappa shape index (κ3) is 4.64. The molecule has 3 aromatic rings. The topological polar surface area (TPSA) is 68.0 Å². The molecule has 0 saturated heterocycles. The number of nitrogens with one attached hydrogen (secondary N) is 1. The third-order valence-electron chi connectivity index (χ3n) is 3.53. The molecule has 0 atom stereocenters. The van der Waals surface area contributed by atoms with Gasteiger partial charge in [-0.15, -0.1) is 0 Å². The number of halogens is 2. The van der Waals surface area contributed by atoms with Crippen molar-refractivity contribution in [1.82, 2.24) is 15.5 Å². The highest BCUT2D eigenvalue weighted by atomic mass is 35.5. The molecule has 7 heteroatoms. The summed E-state index contributed by atoms with van der Waals surface area (Å²) in [5.41, 5.74) is 1.24. The molecule has 3 rings (SSSR count). The summed E-state index contributed by atoms with van der Waals surface area (Å²) in [6.45, 7) is 0.453. The van der Waals surface area contributed by atoms with Crippen LogP contribution >= 0.6 is 11.6 Å². The van der Waals surface area contributed by atoms with E-state index in [1.807, 2.05) is 12.1 Å². The van der Waals surface area contributed by atoms with E-state index in [9.17, 15) is 9.18 Å². The Bertz CT molecular complexity index is 848. The van der Waals surface area contributed by atoms with Gasteiger partial charge in [0.1, 0.15) is 5.82 Å². The molecular formula is C18H15ClFN3O2. The molecule has 128 valence electrons. The SMILES string of the molecule is O=C(NCCCc1nc(-c2ccc(Cl)cc2)no1)c1ccc(F)cc1. The van der Waals surface area contributed by atoms with Crippen molar-refractivity contribution in [1.29, 1.82) is 0 Å². The Morgan fingerprint density at radius 2 is 1.84 bits per heavy atom. The fraction of sp³-hybridized carbons (Fsp3) is 0.167. The lowest BCUT2D eigenvalue weighted by atomic mass is 10.2. The van der Waals surface area contributed by atoms with Crippen LogP contribution < -0.4 is 5.32 Å². The zero-order valence-electron chi connectivity index (χ0n) is 13.2. The van der Waals surface area contributed by atoms with Crippen LogP contribution in [-0.2, 0) is 6.42 Å². The number of aromatic nitrogens is 2. The summed E-state index contributed by atoms with van der Waals surface area (Å²) < 4.78 is 18.0. The molecule has 25 heavy (non-hydrogen) atoms. The quantitative estimate of drug-likeness (QED) is 0.678. The predicted octanol–water partition coefficient (Wildman–Crippen LogP) is 3.89. The van der Waals surface area contributed by atoms with Gasteiger partial charge in [-0.05, 0) is 55.0 Å².